The van der Waals surface area contributed by atoms with E-state index in [-0.39, 0.29) is 0 Å². The molecule has 0 aromatic heterocycles. The van der Waals surface area contributed by atoms with E-state index in [1.807, 2.05) is 41.1 Å². The van der Waals surface area contributed by atoms with Gasteiger partial charge < -0.3 is 0 Å². The molecule has 1 aliphatic rings. The van der Waals surface area contributed by atoms with Crippen molar-refractivity contribution >= 4 is 21.8 Å². The summed E-state index contributed by atoms with van der Waals surface area (Å²) in [7, 11) is 3.68. The average Bonchev–Trinajstić information content (AvgIpc) is 2.56. The lowest BCUT2D eigenvalue weighted by Crippen LogP contribution is -2.07. The van der Waals surface area contributed by atoms with Crippen LogP contribution in [0.25, 0.3) is 0 Å². The van der Waals surface area contributed by atoms with E-state index >= 15 is 0 Å². The molecule has 0 aliphatic carbocycles. The van der Waals surface area contributed by atoms with Crippen LogP contribution in [0.15, 0.2) is 30.3 Å². The standard InChI is InChI=1S/C12H13NS2/c1-2-6-12(7-3-1)8-10-13-9-4-5-11-14-15-13/h1-3,6-7H,4-5,9,11H2. The van der Waals surface area contributed by atoms with E-state index in [9.17, 15) is 0 Å². The summed E-state index contributed by atoms with van der Waals surface area (Å²) in [5, 5.41) is 0. The van der Waals surface area contributed by atoms with Crippen LogP contribution < -0.4 is 0 Å². The van der Waals surface area contributed by atoms with Gasteiger partial charge in [-0.1, -0.05) is 29.0 Å². The van der Waals surface area contributed by atoms with Crippen LogP contribution in [0.5, 0.6) is 0 Å². The van der Waals surface area contributed by atoms with Crippen molar-refractivity contribution in [2.75, 3.05) is 12.3 Å². The fourth-order valence-electron chi connectivity index (χ4n) is 1.28. The van der Waals surface area contributed by atoms with Gasteiger partial charge in [-0.2, -0.15) is 0 Å². The maximum Gasteiger partial charge on any atom is 0.0389 e. The molecule has 15 heavy (non-hydrogen) atoms. The fourth-order valence-corrected chi connectivity index (χ4v) is 3.38. The van der Waals surface area contributed by atoms with Crippen LogP contribution in [0, 0.1) is 12.0 Å². The van der Waals surface area contributed by atoms with Gasteiger partial charge in [0.1, 0.15) is 0 Å². The maximum absolute atomic E-state index is 3.20. The summed E-state index contributed by atoms with van der Waals surface area (Å²) in [6.07, 6.45) is 2.56. The van der Waals surface area contributed by atoms with E-state index in [4.69, 9.17) is 0 Å². The normalized spacial score (nSPS) is 16.4. The zero-order valence-electron chi connectivity index (χ0n) is 8.48. The molecule has 0 radical (unpaired) electrons. The molecule has 0 atom stereocenters. The first-order chi connectivity index (χ1) is 7.45. The Hall–Kier alpha value is -0.720. The SMILES string of the molecule is C(#CN1CCCCSS1)c1ccccc1. The quantitative estimate of drug-likeness (QED) is 0.385. The van der Waals surface area contributed by atoms with Crippen LogP contribution >= 0.6 is 21.8 Å². The molecule has 0 N–H and O–H groups in total. The van der Waals surface area contributed by atoms with Crippen molar-refractivity contribution in [2.24, 2.45) is 0 Å². The van der Waals surface area contributed by atoms with E-state index in [0.717, 1.165) is 12.1 Å². The summed E-state index contributed by atoms with van der Waals surface area (Å²) in [4.78, 5) is 0. The number of hydrogen-bond acceptors (Lipinski definition) is 3. The first-order valence-electron chi connectivity index (χ1n) is 5.09. The Morgan fingerprint density at radius 2 is 2.00 bits per heavy atom. The summed E-state index contributed by atoms with van der Waals surface area (Å²) in [6, 6.07) is 13.4. The average molecular weight is 235 g/mol. The Labute approximate surface area is 99.2 Å². The van der Waals surface area contributed by atoms with E-state index in [1.54, 1.807) is 11.0 Å². The van der Waals surface area contributed by atoms with Gasteiger partial charge in [-0.15, -0.1) is 0 Å². The Morgan fingerprint density at radius 1 is 1.13 bits per heavy atom. The summed E-state index contributed by atoms with van der Waals surface area (Å²) < 4.78 is 2.14. The highest BCUT2D eigenvalue weighted by molar-refractivity contribution is 8.75. The van der Waals surface area contributed by atoms with Crippen LogP contribution in [0.4, 0.5) is 0 Å². The van der Waals surface area contributed by atoms with E-state index in [0.29, 0.717) is 0 Å². The van der Waals surface area contributed by atoms with Gasteiger partial charge in [0.2, 0.25) is 0 Å². The van der Waals surface area contributed by atoms with Crippen LogP contribution in [0.1, 0.15) is 18.4 Å². The molecule has 2 rings (SSSR count). The predicted octanol–water partition coefficient (Wildman–Crippen LogP) is 3.39. The molecule has 3 heteroatoms. The highest BCUT2D eigenvalue weighted by Crippen LogP contribution is 2.29. The minimum Gasteiger partial charge on any atom is -0.266 e. The number of benzene rings is 1. The molecule has 0 amide bonds. The van der Waals surface area contributed by atoms with Crippen LogP contribution in [-0.2, 0) is 0 Å². The summed E-state index contributed by atoms with van der Waals surface area (Å²) >= 11 is 0. The third-order valence-electron chi connectivity index (χ3n) is 2.08. The third-order valence-corrected chi connectivity index (χ3v) is 4.45. The number of hydrogen-bond donors (Lipinski definition) is 0. The van der Waals surface area contributed by atoms with Crippen molar-refractivity contribution in [3.63, 3.8) is 0 Å². The predicted molar refractivity (Wildman–Crippen MR) is 69.3 cm³/mol. The van der Waals surface area contributed by atoms with Crippen LogP contribution in [0.2, 0.25) is 0 Å². The maximum atomic E-state index is 3.20. The second-order valence-corrected chi connectivity index (χ2v) is 5.70. The van der Waals surface area contributed by atoms with E-state index < -0.39 is 0 Å². The Kier molecular flexibility index (Phi) is 4.31. The first-order valence-corrected chi connectivity index (χ1v) is 7.36. The molecule has 0 unspecified atom stereocenters. The number of rotatable bonds is 0. The lowest BCUT2D eigenvalue weighted by atomic mass is 10.2. The summed E-state index contributed by atoms with van der Waals surface area (Å²) in [5.74, 6) is 4.43. The zero-order chi connectivity index (χ0) is 10.3. The Balaban J connectivity index is 1.98. The molecule has 0 bridgehead atoms. The van der Waals surface area contributed by atoms with Crippen LogP contribution in [-0.4, -0.2) is 16.6 Å². The molecular weight excluding hydrogens is 222 g/mol. The van der Waals surface area contributed by atoms with Gasteiger partial charge in [-0.3, -0.25) is 4.31 Å². The molecule has 1 aromatic rings. The topological polar surface area (TPSA) is 3.24 Å². The van der Waals surface area contributed by atoms with E-state index in [2.05, 4.69) is 16.3 Å². The molecule has 0 spiro atoms. The van der Waals surface area contributed by atoms with Gasteiger partial charge in [0.25, 0.3) is 0 Å². The molecule has 1 saturated heterocycles. The van der Waals surface area contributed by atoms with Crippen molar-refractivity contribution < 1.29 is 0 Å². The second kappa shape index (κ2) is 5.99. The highest BCUT2D eigenvalue weighted by atomic mass is 33.1. The smallest absolute Gasteiger partial charge is 0.0389 e. The molecule has 0 saturated carbocycles. The van der Waals surface area contributed by atoms with Gasteiger partial charge in [0.15, 0.2) is 0 Å². The minimum absolute atomic E-state index is 1.08. The largest absolute Gasteiger partial charge is 0.266 e. The van der Waals surface area contributed by atoms with Gasteiger partial charge in [-0.05, 0) is 30.9 Å². The van der Waals surface area contributed by atoms with Crippen molar-refractivity contribution in [1.29, 1.82) is 0 Å². The van der Waals surface area contributed by atoms with E-state index in [1.165, 1.54) is 18.6 Å². The minimum atomic E-state index is 1.08. The molecule has 1 heterocycles. The monoisotopic (exact) mass is 235 g/mol. The third kappa shape index (κ3) is 3.73. The Morgan fingerprint density at radius 3 is 2.87 bits per heavy atom. The molecular formula is C12H13NS2. The summed E-state index contributed by atoms with van der Waals surface area (Å²) in [5.41, 5.74) is 1.09. The molecule has 78 valence electrons. The van der Waals surface area contributed by atoms with Gasteiger partial charge in [0, 0.05) is 34.9 Å². The van der Waals surface area contributed by atoms with Crippen molar-refractivity contribution in [3.8, 4) is 12.0 Å². The lowest BCUT2D eigenvalue weighted by Gasteiger charge is -2.09. The molecule has 1 fully saturated rings. The van der Waals surface area contributed by atoms with Gasteiger partial charge in [-0.25, -0.2) is 0 Å². The fraction of sp³-hybridized carbons (Fsp3) is 0.333. The van der Waals surface area contributed by atoms with Crippen molar-refractivity contribution in [1.82, 2.24) is 4.31 Å². The lowest BCUT2D eigenvalue weighted by molar-refractivity contribution is 0.612. The molecule has 1 aliphatic heterocycles. The summed E-state index contributed by atoms with van der Waals surface area (Å²) in [6.45, 7) is 1.08. The van der Waals surface area contributed by atoms with Crippen molar-refractivity contribution in [3.05, 3.63) is 35.9 Å². The second-order valence-electron chi connectivity index (χ2n) is 3.31. The molecule has 1 nitrogen and oxygen atoms in total. The first kappa shape index (κ1) is 10.8. The highest BCUT2D eigenvalue weighted by Gasteiger charge is 2.05. The van der Waals surface area contributed by atoms with Crippen LogP contribution in [0.3, 0.4) is 0 Å². The van der Waals surface area contributed by atoms with Gasteiger partial charge >= 0.3 is 0 Å². The zero-order valence-corrected chi connectivity index (χ0v) is 10.1. The number of nitrogens with zero attached hydrogens (tertiary/aromatic N) is 1. The van der Waals surface area contributed by atoms with Gasteiger partial charge in [0.05, 0.1) is 0 Å². The molecule has 1 aromatic carbocycles. The van der Waals surface area contributed by atoms with Crippen molar-refractivity contribution in [2.45, 2.75) is 12.8 Å². The Bertz CT molecular complexity index is 345.